The molecule has 1 spiro atoms. The number of para-hydroxylation sites is 1. The summed E-state index contributed by atoms with van der Waals surface area (Å²) in [7, 11) is 0. The second-order valence-corrected chi connectivity index (χ2v) is 9.92. The molecule has 1 aromatic carbocycles. The zero-order valence-corrected chi connectivity index (χ0v) is 20.5. The first kappa shape index (κ1) is 24.3. The molecule has 1 aromatic heterocycles. The molecule has 2 aliphatic heterocycles. The zero-order chi connectivity index (χ0) is 24.5. The van der Waals surface area contributed by atoms with Crippen LogP contribution in [-0.2, 0) is 11.3 Å². The third-order valence-electron chi connectivity index (χ3n) is 6.80. The highest BCUT2D eigenvalue weighted by molar-refractivity contribution is 7.98. The number of nitro groups is 1. The number of carbonyl (C=O) groups excluding carboxylic acids is 2. The second-order valence-electron chi connectivity index (χ2n) is 8.94. The summed E-state index contributed by atoms with van der Waals surface area (Å²) in [6, 6.07) is 7.99. The van der Waals surface area contributed by atoms with Gasteiger partial charge < -0.3 is 14.2 Å². The number of thioether (sulfide) groups is 1. The van der Waals surface area contributed by atoms with Gasteiger partial charge in [-0.1, -0.05) is 18.2 Å². The summed E-state index contributed by atoms with van der Waals surface area (Å²) in [6.07, 6.45) is 3.79. The number of nitrogens with zero attached hydrogens (tertiary/aromatic N) is 3. The lowest BCUT2D eigenvalue weighted by atomic mass is 9.94. The van der Waals surface area contributed by atoms with Gasteiger partial charge in [-0.25, -0.2) is 0 Å². The Hall–Kier alpha value is -2.85. The van der Waals surface area contributed by atoms with Gasteiger partial charge in [0.15, 0.2) is 0 Å². The lowest BCUT2D eigenvalue weighted by Crippen LogP contribution is -2.59. The van der Waals surface area contributed by atoms with Gasteiger partial charge in [0.25, 0.3) is 11.6 Å². The third kappa shape index (κ3) is 4.56. The fourth-order valence-electron chi connectivity index (χ4n) is 5.02. The molecule has 10 heteroatoms. The first-order valence-electron chi connectivity index (χ1n) is 11.4. The van der Waals surface area contributed by atoms with Gasteiger partial charge in [-0.05, 0) is 38.3 Å². The van der Waals surface area contributed by atoms with E-state index in [9.17, 15) is 19.7 Å². The molecule has 1 unspecified atom stereocenters. The van der Waals surface area contributed by atoms with Crippen LogP contribution < -0.4 is 5.32 Å². The topological polar surface area (TPSA) is 109 Å². The van der Waals surface area contributed by atoms with Crippen LogP contribution in [0, 0.1) is 24.0 Å². The van der Waals surface area contributed by atoms with Crippen LogP contribution in [0.4, 0.5) is 5.69 Å². The van der Waals surface area contributed by atoms with Crippen molar-refractivity contribution in [2.75, 3.05) is 25.1 Å². The average Bonchev–Trinajstić information content (AvgIpc) is 3.28. The molecule has 2 amide bonds. The molecule has 2 saturated heterocycles. The van der Waals surface area contributed by atoms with Crippen LogP contribution in [0.3, 0.4) is 0 Å². The maximum Gasteiger partial charge on any atom is 0.274 e. The van der Waals surface area contributed by atoms with Crippen LogP contribution in [0.2, 0.25) is 0 Å². The number of benzene rings is 1. The predicted octanol–water partition coefficient (Wildman–Crippen LogP) is 3.49. The lowest BCUT2D eigenvalue weighted by molar-refractivity contribution is -0.385. The minimum Gasteiger partial charge on any atom is -0.466 e. The number of nitro benzene ring substituents is 1. The number of furan rings is 1. The summed E-state index contributed by atoms with van der Waals surface area (Å²) >= 11 is 1.68. The Balaban J connectivity index is 1.57. The summed E-state index contributed by atoms with van der Waals surface area (Å²) in [5, 5.41) is 15.1. The number of aryl methyl sites for hydroxylation is 2. The zero-order valence-electron chi connectivity index (χ0n) is 19.7. The van der Waals surface area contributed by atoms with E-state index in [0.29, 0.717) is 55.0 Å². The van der Waals surface area contributed by atoms with E-state index in [-0.39, 0.29) is 30.1 Å². The van der Waals surface area contributed by atoms with Crippen LogP contribution >= 0.6 is 11.8 Å². The Morgan fingerprint density at radius 2 is 2.00 bits per heavy atom. The number of rotatable bonds is 7. The molecule has 1 N–H and O–H groups in total. The summed E-state index contributed by atoms with van der Waals surface area (Å²) in [6.45, 7) is 4.72. The van der Waals surface area contributed by atoms with Crippen LogP contribution in [0.25, 0.3) is 0 Å². The Bertz CT molecular complexity index is 1090. The first-order chi connectivity index (χ1) is 16.3. The fraction of sp³-hybridized carbons (Fsp3) is 0.500. The molecule has 9 nitrogen and oxygen atoms in total. The first-order valence-corrected chi connectivity index (χ1v) is 12.8. The number of likely N-dealkylation sites (tertiary alicyclic amines) is 1. The van der Waals surface area contributed by atoms with Crippen LogP contribution in [0.15, 0.2) is 34.7 Å². The van der Waals surface area contributed by atoms with E-state index in [1.807, 2.05) is 13.2 Å². The molecule has 3 heterocycles. The Labute approximate surface area is 203 Å². The molecule has 2 aliphatic rings. The molecule has 4 rings (SSSR count). The minimum atomic E-state index is -0.637. The smallest absolute Gasteiger partial charge is 0.274 e. The molecule has 2 aromatic rings. The molecule has 182 valence electrons. The molecule has 0 radical (unpaired) electrons. The van der Waals surface area contributed by atoms with Crippen molar-refractivity contribution in [3.8, 4) is 0 Å². The molecule has 0 bridgehead atoms. The molecule has 2 fully saturated rings. The summed E-state index contributed by atoms with van der Waals surface area (Å²) in [4.78, 5) is 41.3. The van der Waals surface area contributed by atoms with E-state index in [1.165, 1.54) is 6.07 Å². The fourth-order valence-corrected chi connectivity index (χ4v) is 5.50. The van der Waals surface area contributed by atoms with E-state index >= 15 is 0 Å². The molecule has 0 saturated carbocycles. The number of amides is 2. The van der Waals surface area contributed by atoms with Gasteiger partial charge in [0, 0.05) is 37.6 Å². The number of nitrogens with one attached hydrogen (secondary N) is 1. The SMILES string of the molecule is CSCCC1NC2(CCN(C(=O)c3cc(C)oc3C)CC2)N(Cc2ccccc2[N+](=O)[O-])C1=O. The van der Waals surface area contributed by atoms with Gasteiger partial charge in [-0.2, -0.15) is 11.8 Å². The third-order valence-corrected chi connectivity index (χ3v) is 7.44. The van der Waals surface area contributed by atoms with Crippen molar-refractivity contribution in [1.82, 2.24) is 15.1 Å². The quantitative estimate of drug-likeness (QED) is 0.471. The largest absolute Gasteiger partial charge is 0.466 e. The van der Waals surface area contributed by atoms with Gasteiger partial charge in [-0.3, -0.25) is 25.0 Å². The maximum atomic E-state index is 13.4. The van der Waals surface area contributed by atoms with Crippen molar-refractivity contribution in [2.45, 2.75) is 51.4 Å². The average molecular weight is 487 g/mol. The Kier molecular flexibility index (Phi) is 6.99. The van der Waals surface area contributed by atoms with E-state index in [2.05, 4.69) is 5.32 Å². The predicted molar refractivity (Wildman–Crippen MR) is 130 cm³/mol. The highest BCUT2D eigenvalue weighted by Crippen LogP contribution is 2.36. The maximum absolute atomic E-state index is 13.4. The molecule has 34 heavy (non-hydrogen) atoms. The van der Waals surface area contributed by atoms with E-state index in [1.54, 1.807) is 52.8 Å². The van der Waals surface area contributed by atoms with Crippen molar-refractivity contribution in [3.05, 3.63) is 63.1 Å². The second kappa shape index (κ2) is 9.79. The molecular formula is C24H30N4O5S. The van der Waals surface area contributed by atoms with Crippen molar-refractivity contribution in [3.63, 3.8) is 0 Å². The molecular weight excluding hydrogens is 456 g/mol. The molecule has 1 atom stereocenters. The molecule has 0 aliphatic carbocycles. The lowest BCUT2D eigenvalue weighted by Gasteiger charge is -2.44. The van der Waals surface area contributed by atoms with Crippen molar-refractivity contribution in [2.24, 2.45) is 0 Å². The standard InChI is InChI=1S/C24H30N4O5S/c1-16-14-19(17(2)33-16)22(29)26-11-9-24(10-12-26)25-20(8-13-34-3)23(30)27(24)15-18-6-4-5-7-21(18)28(31)32/h4-7,14,20,25H,8-13,15H2,1-3H3. The number of hydrogen-bond acceptors (Lipinski definition) is 7. The van der Waals surface area contributed by atoms with Crippen LogP contribution in [-0.4, -0.2) is 63.3 Å². The van der Waals surface area contributed by atoms with E-state index in [4.69, 9.17) is 4.42 Å². The summed E-state index contributed by atoms with van der Waals surface area (Å²) in [5.74, 6) is 2.03. The highest BCUT2D eigenvalue weighted by atomic mass is 32.2. The van der Waals surface area contributed by atoms with Gasteiger partial charge in [0.05, 0.1) is 28.7 Å². The van der Waals surface area contributed by atoms with Gasteiger partial charge in [0.1, 0.15) is 11.5 Å². The van der Waals surface area contributed by atoms with Crippen molar-refractivity contribution < 1.29 is 18.9 Å². The number of hydrogen-bond donors (Lipinski definition) is 1. The van der Waals surface area contributed by atoms with Crippen LogP contribution in [0.5, 0.6) is 0 Å². The van der Waals surface area contributed by atoms with Gasteiger partial charge in [0.2, 0.25) is 5.91 Å². The number of piperidine rings is 1. The van der Waals surface area contributed by atoms with E-state index < -0.39 is 10.6 Å². The Morgan fingerprint density at radius 3 is 2.62 bits per heavy atom. The van der Waals surface area contributed by atoms with Gasteiger partial charge >= 0.3 is 0 Å². The highest BCUT2D eigenvalue weighted by Gasteiger charge is 2.52. The van der Waals surface area contributed by atoms with Gasteiger partial charge in [-0.15, -0.1) is 0 Å². The normalized spacial score (nSPS) is 19.7. The Morgan fingerprint density at radius 1 is 1.29 bits per heavy atom. The van der Waals surface area contributed by atoms with Crippen molar-refractivity contribution >= 4 is 29.3 Å². The monoisotopic (exact) mass is 486 g/mol. The minimum absolute atomic E-state index is 0.0106. The van der Waals surface area contributed by atoms with E-state index in [0.717, 1.165) is 5.75 Å². The van der Waals surface area contributed by atoms with Crippen molar-refractivity contribution in [1.29, 1.82) is 0 Å². The number of carbonyl (C=O) groups is 2. The summed E-state index contributed by atoms with van der Waals surface area (Å²) in [5.41, 5.74) is 0.452. The van der Waals surface area contributed by atoms with Crippen LogP contribution in [0.1, 0.15) is 46.7 Å². The summed E-state index contributed by atoms with van der Waals surface area (Å²) < 4.78 is 5.53.